The first kappa shape index (κ1) is 10.0. The minimum Gasteiger partial charge on any atom is -0.382 e. The molecule has 2 rings (SSSR count). The molecule has 3 N–H and O–H groups in total. The molecule has 0 bridgehead atoms. The molecule has 0 aliphatic heterocycles. The number of halogens is 1. The highest BCUT2D eigenvalue weighted by Gasteiger charge is 2.02. The first-order valence-corrected chi connectivity index (χ1v) is 5.11. The third-order valence-electron chi connectivity index (χ3n) is 1.70. The summed E-state index contributed by atoms with van der Waals surface area (Å²) in [5.41, 5.74) is 5.63. The number of nitrogen functional groups attached to an aromatic ring is 1. The van der Waals surface area contributed by atoms with E-state index in [0.29, 0.717) is 11.5 Å². The second-order valence-corrected chi connectivity index (χ2v) is 4.02. The van der Waals surface area contributed by atoms with Crippen LogP contribution in [-0.2, 0) is 0 Å². The van der Waals surface area contributed by atoms with E-state index >= 15 is 0 Å². The quantitative estimate of drug-likeness (QED) is 0.481. The fraction of sp³-hybridized carbons (Fsp3) is 0. The highest BCUT2D eigenvalue weighted by molar-refractivity contribution is 14.1. The Morgan fingerprint density at radius 2 is 2.13 bits per heavy atom. The maximum absolute atomic E-state index is 7.17. The first-order valence-electron chi connectivity index (χ1n) is 4.04. The van der Waals surface area contributed by atoms with Crippen molar-refractivity contribution < 1.29 is 0 Å². The molecule has 76 valence electrons. The highest BCUT2D eigenvalue weighted by Crippen LogP contribution is 2.06. The summed E-state index contributed by atoms with van der Waals surface area (Å²) in [6.45, 7) is 0. The van der Waals surface area contributed by atoms with E-state index in [9.17, 15) is 0 Å². The van der Waals surface area contributed by atoms with Crippen LogP contribution in [0.25, 0.3) is 5.82 Å². The van der Waals surface area contributed by atoms with Crippen LogP contribution in [0.1, 0.15) is 5.69 Å². The molecule has 0 aromatic carbocycles. The summed E-state index contributed by atoms with van der Waals surface area (Å²) < 4.78 is 2.63. The molecular weight excluding hydrogens is 307 g/mol. The van der Waals surface area contributed by atoms with Gasteiger partial charge < -0.3 is 5.73 Å². The Morgan fingerprint density at radius 1 is 1.33 bits per heavy atom. The Bertz CT molecular complexity index is 488. The summed E-state index contributed by atoms with van der Waals surface area (Å²) in [5.74, 6) is 0.506. The Hall–Kier alpha value is -1.51. The minimum absolute atomic E-state index is 0.0934. The second-order valence-electron chi connectivity index (χ2n) is 2.78. The van der Waals surface area contributed by atoms with E-state index in [2.05, 4.69) is 37.7 Å². The summed E-state index contributed by atoms with van der Waals surface area (Å²) in [6.07, 6.45) is 6.53. The predicted octanol–water partition coefficient (Wildman–Crippen LogP) is 0.551. The molecule has 0 amide bonds. The third-order valence-corrected chi connectivity index (χ3v) is 2.26. The maximum atomic E-state index is 7.17. The molecule has 2 heterocycles. The average molecular weight is 314 g/mol. The molecule has 7 heteroatoms. The van der Waals surface area contributed by atoms with Crippen LogP contribution < -0.4 is 5.73 Å². The van der Waals surface area contributed by atoms with E-state index in [-0.39, 0.29) is 5.84 Å². The molecule has 0 unspecified atom stereocenters. The summed E-state index contributed by atoms with van der Waals surface area (Å²) in [6, 6.07) is 0. The Balaban J connectivity index is 2.35. The fourth-order valence-corrected chi connectivity index (χ4v) is 1.39. The lowest BCUT2D eigenvalue weighted by molar-refractivity contribution is 0.836. The van der Waals surface area contributed by atoms with Crippen molar-refractivity contribution in [3.8, 4) is 5.82 Å². The smallest absolute Gasteiger partial charge is 0.171 e. The number of nitrogens with one attached hydrogen (secondary N) is 1. The van der Waals surface area contributed by atoms with E-state index in [1.54, 1.807) is 10.9 Å². The van der Waals surface area contributed by atoms with Gasteiger partial charge in [-0.2, -0.15) is 5.10 Å². The molecule has 0 fully saturated rings. The maximum Gasteiger partial charge on any atom is 0.171 e. The monoisotopic (exact) mass is 314 g/mol. The molecule has 0 radical (unpaired) electrons. The van der Waals surface area contributed by atoms with Crippen LogP contribution in [0.3, 0.4) is 0 Å². The van der Waals surface area contributed by atoms with Gasteiger partial charge in [0.05, 0.1) is 22.2 Å². The van der Waals surface area contributed by atoms with Gasteiger partial charge in [-0.05, 0) is 22.6 Å². The first-order chi connectivity index (χ1) is 7.16. The van der Waals surface area contributed by atoms with Crippen molar-refractivity contribution in [2.45, 2.75) is 0 Å². The van der Waals surface area contributed by atoms with Gasteiger partial charge in [0.1, 0.15) is 11.5 Å². The number of hydrogen-bond acceptors (Lipinski definition) is 4. The zero-order valence-corrected chi connectivity index (χ0v) is 9.71. The van der Waals surface area contributed by atoms with Crippen molar-refractivity contribution in [1.29, 1.82) is 5.41 Å². The Kier molecular flexibility index (Phi) is 2.62. The van der Waals surface area contributed by atoms with Crippen LogP contribution in [0.4, 0.5) is 0 Å². The summed E-state index contributed by atoms with van der Waals surface area (Å²) in [4.78, 5) is 8.09. The van der Waals surface area contributed by atoms with Crippen molar-refractivity contribution in [2.24, 2.45) is 5.73 Å². The van der Waals surface area contributed by atoms with Crippen LogP contribution in [0.5, 0.6) is 0 Å². The number of nitrogens with zero attached hydrogens (tertiary/aromatic N) is 4. The van der Waals surface area contributed by atoms with Crippen LogP contribution in [0.2, 0.25) is 0 Å². The molecular formula is C8H7IN6. The standard InChI is InChI=1S/C8H7IN6/c9-5-1-14-15(4-5)7-3-12-6(2-13-7)8(10)11/h1-4H,(H3,10,11). The van der Waals surface area contributed by atoms with Crippen molar-refractivity contribution in [3.05, 3.63) is 34.1 Å². The average Bonchev–Trinajstić information content (AvgIpc) is 2.65. The lowest BCUT2D eigenvalue weighted by Gasteiger charge is -2.00. The SMILES string of the molecule is N=C(N)c1cnc(-n2cc(I)cn2)cn1. The molecule has 0 saturated carbocycles. The van der Waals surface area contributed by atoms with Crippen LogP contribution in [-0.4, -0.2) is 25.6 Å². The summed E-state index contributed by atoms with van der Waals surface area (Å²) in [5, 5.41) is 11.2. The van der Waals surface area contributed by atoms with Crippen molar-refractivity contribution in [3.63, 3.8) is 0 Å². The predicted molar refractivity (Wildman–Crippen MR) is 62.9 cm³/mol. The van der Waals surface area contributed by atoms with E-state index in [0.717, 1.165) is 3.57 Å². The van der Waals surface area contributed by atoms with Crippen LogP contribution in [0, 0.1) is 8.98 Å². The van der Waals surface area contributed by atoms with E-state index < -0.39 is 0 Å². The number of amidine groups is 1. The zero-order chi connectivity index (χ0) is 10.8. The molecule has 15 heavy (non-hydrogen) atoms. The van der Waals surface area contributed by atoms with E-state index in [1.807, 2.05) is 6.20 Å². The van der Waals surface area contributed by atoms with Crippen LogP contribution >= 0.6 is 22.6 Å². The van der Waals surface area contributed by atoms with Gasteiger partial charge >= 0.3 is 0 Å². The number of hydrogen-bond donors (Lipinski definition) is 2. The Morgan fingerprint density at radius 3 is 2.60 bits per heavy atom. The fourth-order valence-electron chi connectivity index (χ4n) is 1.00. The number of rotatable bonds is 2. The molecule has 0 atom stereocenters. The topological polar surface area (TPSA) is 93.5 Å². The van der Waals surface area contributed by atoms with Gasteiger partial charge in [0.25, 0.3) is 0 Å². The van der Waals surface area contributed by atoms with Gasteiger partial charge in [0, 0.05) is 6.20 Å². The molecule has 0 saturated heterocycles. The van der Waals surface area contributed by atoms with E-state index in [4.69, 9.17) is 11.1 Å². The molecule has 0 spiro atoms. The number of aromatic nitrogens is 4. The van der Waals surface area contributed by atoms with Gasteiger partial charge in [0.2, 0.25) is 0 Å². The summed E-state index contributed by atoms with van der Waals surface area (Å²) in [7, 11) is 0. The highest BCUT2D eigenvalue weighted by atomic mass is 127. The molecule has 2 aromatic heterocycles. The van der Waals surface area contributed by atoms with Crippen molar-refractivity contribution in [1.82, 2.24) is 19.7 Å². The second kappa shape index (κ2) is 3.93. The normalized spacial score (nSPS) is 10.2. The van der Waals surface area contributed by atoms with Gasteiger partial charge in [-0.1, -0.05) is 0 Å². The van der Waals surface area contributed by atoms with Crippen molar-refractivity contribution in [2.75, 3.05) is 0 Å². The third kappa shape index (κ3) is 2.12. The lowest BCUT2D eigenvalue weighted by Crippen LogP contribution is -2.14. The van der Waals surface area contributed by atoms with Crippen LogP contribution in [0.15, 0.2) is 24.8 Å². The molecule has 6 nitrogen and oxygen atoms in total. The van der Waals surface area contributed by atoms with Gasteiger partial charge in [0.15, 0.2) is 5.82 Å². The van der Waals surface area contributed by atoms with Crippen molar-refractivity contribution >= 4 is 28.4 Å². The molecule has 0 aliphatic carbocycles. The van der Waals surface area contributed by atoms with Gasteiger partial charge in [-0.3, -0.25) is 5.41 Å². The Labute approximate surface area is 99.2 Å². The van der Waals surface area contributed by atoms with Gasteiger partial charge in [-0.15, -0.1) is 0 Å². The molecule has 2 aromatic rings. The van der Waals surface area contributed by atoms with Gasteiger partial charge in [-0.25, -0.2) is 14.6 Å². The minimum atomic E-state index is -0.0934. The summed E-state index contributed by atoms with van der Waals surface area (Å²) >= 11 is 2.16. The largest absolute Gasteiger partial charge is 0.382 e. The zero-order valence-electron chi connectivity index (χ0n) is 7.55. The van der Waals surface area contributed by atoms with E-state index in [1.165, 1.54) is 12.4 Å². The lowest BCUT2D eigenvalue weighted by atomic mass is 10.4. The molecule has 0 aliphatic rings. The number of nitrogens with two attached hydrogens (primary N) is 1.